The molecule has 0 aromatic heterocycles. The zero-order valence-corrected chi connectivity index (χ0v) is 9.72. The van der Waals surface area contributed by atoms with E-state index in [2.05, 4.69) is 23.7 Å². The maximum Gasteiger partial charge on any atom is 0.524 e. The molecule has 0 radical (unpaired) electrons. The SMILES string of the molecule is O=C(O)Oc1ccc2c(c1OC(=O)O)OC(=O)OC(=O)O2. The topological polar surface area (TPSA) is 155 Å². The third-order valence-corrected chi connectivity index (χ3v) is 1.97. The van der Waals surface area contributed by atoms with Gasteiger partial charge in [0.2, 0.25) is 11.5 Å². The molecule has 1 aromatic carbocycles. The lowest BCUT2D eigenvalue weighted by Gasteiger charge is -2.11. The standard InChI is InChI=1S/C10H4O11/c11-7(12)17-3-1-2-4-6(5(3)19-8(13)14)20-10(16)21-9(15)18-4/h1-2H,(H,11,12)(H,13,14). The van der Waals surface area contributed by atoms with E-state index < -0.39 is 47.6 Å². The molecule has 110 valence electrons. The van der Waals surface area contributed by atoms with Crippen molar-refractivity contribution in [2.75, 3.05) is 0 Å². The first kappa shape index (κ1) is 13.9. The van der Waals surface area contributed by atoms with E-state index in [-0.39, 0.29) is 0 Å². The third-order valence-electron chi connectivity index (χ3n) is 1.97. The lowest BCUT2D eigenvalue weighted by atomic mass is 10.2. The van der Waals surface area contributed by atoms with Crippen molar-refractivity contribution in [3.05, 3.63) is 12.1 Å². The molecule has 0 saturated heterocycles. The molecule has 11 nitrogen and oxygen atoms in total. The van der Waals surface area contributed by atoms with Gasteiger partial charge < -0.3 is 33.9 Å². The Hall–Kier alpha value is -3.50. The molecule has 11 heteroatoms. The van der Waals surface area contributed by atoms with Gasteiger partial charge in [-0.05, 0) is 12.1 Å². The summed E-state index contributed by atoms with van der Waals surface area (Å²) in [5.74, 6) is -2.52. The number of cyclic esters (lactones) is 2. The summed E-state index contributed by atoms with van der Waals surface area (Å²) in [7, 11) is 0. The van der Waals surface area contributed by atoms with E-state index in [1.165, 1.54) is 0 Å². The quantitative estimate of drug-likeness (QED) is 0.466. The third kappa shape index (κ3) is 3.09. The molecule has 2 rings (SSSR count). The normalized spacial score (nSPS) is 13.0. The lowest BCUT2D eigenvalue weighted by molar-refractivity contribution is 0.0986. The molecule has 0 amide bonds. The fourth-order valence-electron chi connectivity index (χ4n) is 1.34. The van der Waals surface area contributed by atoms with Crippen LogP contribution in [0.4, 0.5) is 19.2 Å². The van der Waals surface area contributed by atoms with Crippen molar-refractivity contribution >= 4 is 24.6 Å². The van der Waals surface area contributed by atoms with E-state index in [4.69, 9.17) is 10.2 Å². The smallest absolute Gasteiger partial charge is 0.449 e. The largest absolute Gasteiger partial charge is 0.524 e. The molecule has 0 unspecified atom stereocenters. The first-order valence-corrected chi connectivity index (χ1v) is 4.97. The Balaban J connectivity index is 2.56. The Morgan fingerprint density at radius 2 is 1.52 bits per heavy atom. The van der Waals surface area contributed by atoms with E-state index in [0.717, 1.165) is 12.1 Å². The van der Waals surface area contributed by atoms with Crippen LogP contribution in [0.5, 0.6) is 23.0 Å². The van der Waals surface area contributed by atoms with Crippen LogP contribution in [0.25, 0.3) is 0 Å². The van der Waals surface area contributed by atoms with Gasteiger partial charge in [-0.1, -0.05) is 0 Å². The van der Waals surface area contributed by atoms with Gasteiger partial charge in [-0.2, -0.15) is 0 Å². The van der Waals surface area contributed by atoms with Gasteiger partial charge in [-0.25, -0.2) is 19.2 Å². The summed E-state index contributed by atoms with van der Waals surface area (Å²) in [4.78, 5) is 43.3. The minimum Gasteiger partial charge on any atom is -0.449 e. The number of hydrogen-bond acceptors (Lipinski definition) is 9. The fourth-order valence-corrected chi connectivity index (χ4v) is 1.34. The van der Waals surface area contributed by atoms with Gasteiger partial charge in [0.05, 0.1) is 0 Å². The number of ether oxygens (including phenoxy) is 5. The van der Waals surface area contributed by atoms with Gasteiger partial charge in [-0.3, -0.25) is 0 Å². The second-order valence-electron chi connectivity index (χ2n) is 3.26. The zero-order chi connectivity index (χ0) is 15.6. The summed E-state index contributed by atoms with van der Waals surface area (Å²) < 4.78 is 21.6. The van der Waals surface area contributed by atoms with Crippen molar-refractivity contribution < 1.29 is 53.1 Å². The van der Waals surface area contributed by atoms with Crippen LogP contribution in [0, 0.1) is 0 Å². The van der Waals surface area contributed by atoms with E-state index in [1.807, 2.05) is 0 Å². The zero-order valence-electron chi connectivity index (χ0n) is 9.72. The molecule has 0 bridgehead atoms. The molecule has 0 atom stereocenters. The monoisotopic (exact) mass is 300 g/mol. The minimum atomic E-state index is -1.86. The summed E-state index contributed by atoms with van der Waals surface area (Å²) in [6.07, 6.45) is -6.59. The molecule has 1 aliphatic heterocycles. The highest BCUT2D eigenvalue weighted by molar-refractivity contribution is 5.85. The molecule has 1 aliphatic rings. The van der Waals surface area contributed by atoms with Crippen LogP contribution in [0.2, 0.25) is 0 Å². The first-order chi connectivity index (χ1) is 9.86. The second-order valence-corrected chi connectivity index (χ2v) is 3.26. The predicted molar refractivity (Wildman–Crippen MR) is 56.9 cm³/mol. The van der Waals surface area contributed by atoms with Crippen molar-refractivity contribution in [2.24, 2.45) is 0 Å². The molecule has 2 N–H and O–H groups in total. The number of carbonyl (C=O) groups excluding carboxylic acids is 2. The first-order valence-electron chi connectivity index (χ1n) is 4.97. The van der Waals surface area contributed by atoms with Crippen LogP contribution in [0.15, 0.2) is 12.1 Å². The molecule has 0 aliphatic carbocycles. The highest BCUT2D eigenvalue weighted by atomic mass is 16.8. The maximum atomic E-state index is 11.1. The van der Waals surface area contributed by atoms with E-state index >= 15 is 0 Å². The Labute approximate surface area is 114 Å². The molecule has 0 spiro atoms. The number of hydrogen-bond donors (Lipinski definition) is 2. The number of carboxylic acid groups (broad SMARTS) is 2. The van der Waals surface area contributed by atoms with Gasteiger partial charge in [-0.15, -0.1) is 0 Å². The summed E-state index contributed by atoms with van der Waals surface area (Å²) in [6, 6.07) is 1.92. The van der Waals surface area contributed by atoms with Crippen molar-refractivity contribution in [3.63, 3.8) is 0 Å². The molecular weight excluding hydrogens is 296 g/mol. The van der Waals surface area contributed by atoms with Crippen LogP contribution < -0.4 is 18.9 Å². The van der Waals surface area contributed by atoms with Crippen molar-refractivity contribution in [1.29, 1.82) is 0 Å². The summed E-state index contributed by atoms with van der Waals surface area (Å²) in [5.41, 5.74) is 0. The maximum absolute atomic E-state index is 11.1. The van der Waals surface area contributed by atoms with Crippen LogP contribution in [0.3, 0.4) is 0 Å². The Kier molecular flexibility index (Phi) is 3.47. The van der Waals surface area contributed by atoms with E-state index in [0.29, 0.717) is 0 Å². The van der Waals surface area contributed by atoms with Crippen molar-refractivity contribution in [1.82, 2.24) is 0 Å². The fraction of sp³-hybridized carbons (Fsp3) is 0. The highest BCUT2D eigenvalue weighted by Gasteiger charge is 2.31. The summed E-state index contributed by atoms with van der Waals surface area (Å²) in [5, 5.41) is 17.1. The average Bonchev–Trinajstić information content (AvgIpc) is 2.48. The van der Waals surface area contributed by atoms with Gasteiger partial charge in [0.15, 0.2) is 11.5 Å². The van der Waals surface area contributed by atoms with Crippen LogP contribution in [-0.2, 0) is 4.74 Å². The van der Waals surface area contributed by atoms with E-state index in [9.17, 15) is 19.2 Å². The number of benzene rings is 1. The van der Waals surface area contributed by atoms with E-state index in [1.54, 1.807) is 0 Å². The lowest BCUT2D eigenvalue weighted by Crippen LogP contribution is -2.15. The van der Waals surface area contributed by atoms with Crippen LogP contribution in [-0.4, -0.2) is 34.8 Å². The number of fused-ring (bicyclic) bond motifs is 1. The van der Waals surface area contributed by atoms with Gasteiger partial charge in [0.25, 0.3) is 0 Å². The molecule has 21 heavy (non-hydrogen) atoms. The minimum absolute atomic E-state index is 0.431. The molecule has 1 aromatic rings. The Morgan fingerprint density at radius 3 is 2.14 bits per heavy atom. The molecule has 0 saturated carbocycles. The van der Waals surface area contributed by atoms with Crippen molar-refractivity contribution in [2.45, 2.75) is 0 Å². The Morgan fingerprint density at radius 1 is 0.905 bits per heavy atom. The highest BCUT2D eigenvalue weighted by Crippen LogP contribution is 2.45. The van der Waals surface area contributed by atoms with Crippen molar-refractivity contribution in [3.8, 4) is 23.0 Å². The summed E-state index contributed by atoms with van der Waals surface area (Å²) >= 11 is 0. The summed E-state index contributed by atoms with van der Waals surface area (Å²) in [6.45, 7) is 0. The van der Waals surface area contributed by atoms with Gasteiger partial charge in [0, 0.05) is 0 Å². The molecular formula is C10H4O11. The molecule has 1 heterocycles. The van der Waals surface area contributed by atoms with Gasteiger partial charge >= 0.3 is 24.6 Å². The molecule has 0 fully saturated rings. The van der Waals surface area contributed by atoms with Gasteiger partial charge in [0.1, 0.15) is 0 Å². The van der Waals surface area contributed by atoms with Crippen LogP contribution >= 0.6 is 0 Å². The number of rotatable bonds is 2. The Bertz CT molecular complexity index is 647. The van der Waals surface area contributed by atoms with Crippen LogP contribution in [0.1, 0.15) is 0 Å². The predicted octanol–water partition coefficient (Wildman–Crippen LogP) is 1.83. The average molecular weight is 300 g/mol. The number of carbonyl (C=O) groups is 4. The second kappa shape index (κ2) is 5.24.